The average molecular weight is 473 g/mol. The van der Waals surface area contributed by atoms with Gasteiger partial charge in [0, 0.05) is 25.2 Å². The molecule has 2 amide bonds. The molecule has 3 aliphatic heterocycles. The molecule has 11 heteroatoms. The van der Waals surface area contributed by atoms with Crippen LogP contribution >= 0.6 is 0 Å². The van der Waals surface area contributed by atoms with E-state index in [0.29, 0.717) is 24.4 Å². The van der Waals surface area contributed by atoms with E-state index in [0.717, 1.165) is 12.8 Å². The number of piperidine rings is 1. The van der Waals surface area contributed by atoms with Crippen molar-refractivity contribution in [2.45, 2.75) is 67.3 Å². The molecule has 2 bridgehead atoms. The minimum absolute atomic E-state index is 0.0188. The Balaban J connectivity index is 1.25. The first-order valence-corrected chi connectivity index (χ1v) is 12.8. The summed E-state index contributed by atoms with van der Waals surface area (Å²) in [6.45, 7) is 2.76. The van der Waals surface area contributed by atoms with E-state index in [9.17, 15) is 23.3 Å². The highest BCUT2D eigenvalue weighted by Crippen LogP contribution is 2.48. The molecule has 1 aromatic rings. The Labute approximate surface area is 193 Å². The maximum atomic E-state index is 13.2. The van der Waals surface area contributed by atoms with Crippen LogP contribution in [0.25, 0.3) is 0 Å². The third-order valence-corrected chi connectivity index (χ3v) is 8.57. The van der Waals surface area contributed by atoms with Crippen LogP contribution in [0.2, 0.25) is 0 Å². The van der Waals surface area contributed by atoms with Gasteiger partial charge in [-0.1, -0.05) is 12.1 Å². The number of primary sulfonamides is 1. The lowest BCUT2D eigenvalue weighted by molar-refractivity contribution is -0.141. The number of piperazine rings is 1. The molecule has 4 N–H and O–H groups in total. The van der Waals surface area contributed by atoms with Crippen molar-refractivity contribution in [1.29, 1.82) is 5.26 Å². The van der Waals surface area contributed by atoms with Crippen molar-refractivity contribution in [2.24, 2.45) is 16.8 Å². The Bertz CT molecular complexity index is 1150. The first kappa shape index (κ1) is 22.3. The van der Waals surface area contributed by atoms with E-state index < -0.39 is 22.1 Å². The molecule has 33 heavy (non-hydrogen) atoms. The van der Waals surface area contributed by atoms with Crippen LogP contribution in [0.3, 0.4) is 0 Å². The second-order valence-electron chi connectivity index (χ2n) is 9.69. The molecule has 7 atom stereocenters. The predicted octanol–water partition coefficient (Wildman–Crippen LogP) is -0.480. The molecular formula is C22H28N6O4S. The fourth-order valence-electron chi connectivity index (χ4n) is 5.92. The maximum absolute atomic E-state index is 13.2. The fraction of sp³-hybridized carbons (Fsp3) is 0.591. The smallest absolute Gasteiger partial charge is 0.242 e. The summed E-state index contributed by atoms with van der Waals surface area (Å²) in [5, 5.41) is 14.6. The van der Waals surface area contributed by atoms with Crippen LogP contribution in [0, 0.1) is 17.2 Å². The number of carbonyl (C=O) groups excluding carboxylic acids is 2. The zero-order chi connectivity index (χ0) is 23.7. The highest BCUT2D eigenvalue weighted by Gasteiger charge is 2.56. The molecule has 0 spiro atoms. The van der Waals surface area contributed by atoms with Gasteiger partial charge in [0.15, 0.2) is 0 Å². The van der Waals surface area contributed by atoms with E-state index in [1.165, 1.54) is 12.1 Å². The molecule has 1 aliphatic carbocycles. The number of carbonyl (C=O) groups is 2. The molecule has 3 saturated heterocycles. The molecule has 1 unspecified atom stereocenters. The van der Waals surface area contributed by atoms with Gasteiger partial charge in [-0.3, -0.25) is 14.5 Å². The van der Waals surface area contributed by atoms with Gasteiger partial charge in [-0.05, 0) is 49.8 Å². The van der Waals surface area contributed by atoms with Crippen molar-refractivity contribution in [3.8, 4) is 6.07 Å². The number of nitriles is 1. The summed E-state index contributed by atoms with van der Waals surface area (Å²) in [7, 11) is -3.83. The SMILES string of the molecule is C[C@H](c1cccc(S(N)(=O)=O)c1)N1C(=O)[C@H]2C[C@@H]1CN2C[C@H](N)C(=O)N1C2C[C@H]2C[C@H]1C#N. The molecule has 3 heterocycles. The Hall–Kier alpha value is -2.52. The second-order valence-corrected chi connectivity index (χ2v) is 11.3. The van der Waals surface area contributed by atoms with Gasteiger partial charge in [0.1, 0.15) is 6.04 Å². The number of fused-ring (bicyclic) bond motifs is 3. The quantitative estimate of drug-likeness (QED) is 0.567. The minimum Gasteiger partial charge on any atom is -0.330 e. The van der Waals surface area contributed by atoms with Gasteiger partial charge in [0.2, 0.25) is 21.8 Å². The summed E-state index contributed by atoms with van der Waals surface area (Å²) in [6, 6.07) is 6.86. The standard InChI is InChI=1S/C22H28N6O4S/c1-12(13-3-2-4-17(6-13)33(25,31)32)27-16-8-20(22(27)30)26(10-16)11-18(24)21(29)28-15(9-23)5-14-7-19(14)28/h2-4,6,12,14-16,18-20H,5,7-8,10-11,24H2,1H3,(H2,25,31,32)/t12-,14-,15+,16-,18+,19?,20-/m1/s1. The van der Waals surface area contributed by atoms with Gasteiger partial charge in [-0.25, -0.2) is 13.6 Å². The normalized spacial score (nSPS) is 32.5. The van der Waals surface area contributed by atoms with Crippen LogP contribution in [0.1, 0.15) is 37.8 Å². The molecule has 1 aromatic carbocycles. The molecule has 1 saturated carbocycles. The molecule has 4 aliphatic rings. The Kier molecular flexibility index (Phi) is 5.25. The first-order valence-electron chi connectivity index (χ1n) is 11.3. The zero-order valence-electron chi connectivity index (χ0n) is 18.4. The van der Waals surface area contributed by atoms with Gasteiger partial charge < -0.3 is 15.5 Å². The number of hydrogen-bond acceptors (Lipinski definition) is 7. The third-order valence-electron chi connectivity index (χ3n) is 7.66. The predicted molar refractivity (Wildman–Crippen MR) is 118 cm³/mol. The van der Waals surface area contributed by atoms with Crippen molar-refractivity contribution in [1.82, 2.24) is 14.7 Å². The number of hydrogen-bond donors (Lipinski definition) is 2. The van der Waals surface area contributed by atoms with E-state index in [4.69, 9.17) is 10.9 Å². The number of nitrogens with two attached hydrogens (primary N) is 2. The largest absolute Gasteiger partial charge is 0.330 e. The highest BCUT2D eigenvalue weighted by atomic mass is 32.2. The number of likely N-dealkylation sites (tertiary alicyclic amines) is 3. The van der Waals surface area contributed by atoms with Gasteiger partial charge >= 0.3 is 0 Å². The van der Waals surface area contributed by atoms with Crippen molar-refractivity contribution in [3.63, 3.8) is 0 Å². The second kappa shape index (κ2) is 7.77. The van der Waals surface area contributed by atoms with Crippen LogP contribution in [0.4, 0.5) is 0 Å². The van der Waals surface area contributed by atoms with Crippen molar-refractivity contribution in [3.05, 3.63) is 29.8 Å². The summed E-state index contributed by atoms with van der Waals surface area (Å²) in [5.41, 5.74) is 6.96. The van der Waals surface area contributed by atoms with Gasteiger partial charge in [-0.2, -0.15) is 5.26 Å². The average Bonchev–Trinajstić information content (AvgIpc) is 3.11. The summed E-state index contributed by atoms with van der Waals surface area (Å²) >= 11 is 0. The third kappa shape index (κ3) is 3.71. The lowest BCUT2D eigenvalue weighted by Gasteiger charge is -2.38. The summed E-state index contributed by atoms with van der Waals surface area (Å²) in [4.78, 5) is 31.6. The maximum Gasteiger partial charge on any atom is 0.242 e. The summed E-state index contributed by atoms with van der Waals surface area (Å²) in [6.07, 6.45) is 2.32. The lowest BCUT2D eigenvalue weighted by atomic mass is 10.1. The van der Waals surface area contributed by atoms with E-state index >= 15 is 0 Å². The summed E-state index contributed by atoms with van der Waals surface area (Å²) < 4.78 is 23.4. The number of amides is 2. The van der Waals surface area contributed by atoms with Gasteiger partial charge in [-0.15, -0.1) is 0 Å². The Morgan fingerprint density at radius 1 is 1.30 bits per heavy atom. The number of benzene rings is 1. The van der Waals surface area contributed by atoms with Crippen molar-refractivity contribution < 1.29 is 18.0 Å². The van der Waals surface area contributed by atoms with Crippen LogP contribution in [-0.4, -0.2) is 78.2 Å². The minimum atomic E-state index is -3.83. The highest BCUT2D eigenvalue weighted by molar-refractivity contribution is 7.89. The van der Waals surface area contributed by atoms with E-state index in [-0.39, 0.29) is 47.4 Å². The Morgan fingerprint density at radius 2 is 2.06 bits per heavy atom. The monoisotopic (exact) mass is 472 g/mol. The zero-order valence-corrected chi connectivity index (χ0v) is 19.2. The van der Waals surface area contributed by atoms with Crippen LogP contribution in [0.5, 0.6) is 0 Å². The van der Waals surface area contributed by atoms with Gasteiger partial charge in [0.05, 0.1) is 29.1 Å². The fourth-order valence-corrected chi connectivity index (χ4v) is 6.49. The van der Waals surface area contributed by atoms with Crippen molar-refractivity contribution >= 4 is 21.8 Å². The van der Waals surface area contributed by atoms with Crippen LogP contribution in [-0.2, 0) is 19.6 Å². The first-order chi connectivity index (χ1) is 15.6. The molecule has 0 aromatic heterocycles. The van der Waals surface area contributed by atoms with Crippen LogP contribution in [0.15, 0.2) is 29.2 Å². The van der Waals surface area contributed by atoms with Crippen LogP contribution < -0.4 is 10.9 Å². The lowest BCUT2D eigenvalue weighted by Crippen LogP contribution is -2.57. The molecule has 5 rings (SSSR count). The number of nitrogens with zero attached hydrogens (tertiary/aromatic N) is 4. The summed E-state index contributed by atoms with van der Waals surface area (Å²) in [5.74, 6) is 0.183. The molecule has 176 valence electrons. The number of sulfonamides is 1. The van der Waals surface area contributed by atoms with E-state index in [2.05, 4.69) is 6.07 Å². The molecule has 10 nitrogen and oxygen atoms in total. The molecular weight excluding hydrogens is 444 g/mol. The topological polar surface area (TPSA) is 154 Å². The van der Waals surface area contributed by atoms with E-state index in [1.54, 1.807) is 21.9 Å². The molecule has 0 radical (unpaired) electrons. The number of rotatable bonds is 6. The van der Waals surface area contributed by atoms with Crippen molar-refractivity contribution in [2.75, 3.05) is 13.1 Å². The van der Waals surface area contributed by atoms with Gasteiger partial charge in [0.25, 0.3) is 0 Å². The molecule has 4 fully saturated rings. The van der Waals surface area contributed by atoms with E-state index in [1.807, 2.05) is 11.8 Å². The Morgan fingerprint density at radius 3 is 2.73 bits per heavy atom.